The molecule has 0 saturated carbocycles. The second-order valence-electron chi connectivity index (χ2n) is 14.5. The first-order valence-corrected chi connectivity index (χ1v) is 17.1. The molecule has 226 valence electrons. The van der Waals surface area contributed by atoms with Gasteiger partial charge in [-0.1, -0.05) is 141 Å². The summed E-state index contributed by atoms with van der Waals surface area (Å²) in [6.07, 6.45) is 0. The Balaban J connectivity index is 1.23. The number of anilines is 2. The van der Waals surface area contributed by atoms with E-state index in [0.29, 0.717) is 0 Å². The number of hydrogen-bond donors (Lipinski definition) is 1. The molecule has 48 heavy (non-hydrogen) atoms. The number of fused-ring (bicyclic) bond motifs is 4. The second kappa shape index (κ2) is 9.02. The normalized spacial score (nSPS) is 19.2. The highest BCUT2D eigenvalue weighted by atomic mass is 14.9. The molecule has 12 rings (SSSR count). The van der Waals surface area contributed by atoms with Crippen LogP contribution in [0.2, 0.25) is 0 Å². The maximum Gasteiger partial charge on any atom is 0.0751 e. The average molecular weight is 612 g/mol. The minimum atomic E-state index is -0.430. The Morgan fingerprint density at radius 3 is 1.79 bits per heavy atom. The number of rotatable bonds is 2. The third-order valence-electron chi connectivity index (χ3n) is 12.0. The van der Waals surface area contributed by atoms with Crippen LogP contribution in [0.15, 0.2) is 152 Å². The molecule has 1 heteroatoms. The van der Waals surface area contributed by atoms with Crippen LogP contribution in [-0.4, -0.2) is 0 Å². The summed E-state index contributed by atoms with van der Waals surface area (Å²) in [6.45, 7) is 4.76. The van der Waals surface area contributed by atoms with Gasteiger partial charge in [0.25, 0.3) is 0 Å². The summed E-state index contributed by atoms with van der Waals surface area (Å²) < 4.78 is 0. The van der Waals surface area contributed by atoms with Gasteiger partial charge in [0, 0.05) is 22.7 Å². The molecule has 1 N–H and O–H groups in total. The van der Waals surface area contributed by atoms with Crippen LogP contribution in [0.1, 0.15) is 69.8 Å². The van der Waals surface area contributed by atoms with Crippen LogP contribution in [0.25, 0.3) is 33.4 Å². The summed E-state index contributed by atoms with van der Waals surface area (Å²) in [4.78, 5) is 0. The average Bonchev–Trinajstić information content (AvgIpc) is 3.37. The van der Waals surface area contributed by atoms with Crippen molar-refractivity contribution >= 4 is 11.4 Å². The van der Waals surface area contributed by atoms with Gasteiger partial charge in [0.2, 0.25) is 0 Å². The Labute approximate surface area is 281 Å². The van der Waals surface area contributed by atoms with Gasteiger partial charge in [-0.05, 0) is 108 Å². The molecule has 0 saturated heterocycles. The largest absolute Gasteiger partial charge is 0.355 e. The number of benzene rings is 7. The molecular formula is C47H33N. The van der Waals surface area contributed by atoms with Gasteiger partial charge in [0.05, 0.1) is 5.41 Å². The third-order valence-corrected chi connectivity index (χ3v) is 12.0. The molecule has 0 radical (unpaired) electrons. The maximum atomic E-state index is 3.94. The van der Waals surface area contributed by atoms with E-state index in [9.17, 15) is 0 Å². The predicted octanol–water partition coefficient (Wildman–Crippen LogP) is 11.6. The lowest BCUT2D eigenvalue weighted by molar-refractivity contribution is 0.628. The minimum absolute atomic E-state index is 0.0544. The Bertz CT molecular complexity index is 2470. The van der Waals surface area contributed by atoms with Crippen LogP contribution in [0.5, 0.6) is 0 Å². The summed E-state index contributed by atoms with van der Waals surface area (Å²) in [5.41, 5.74) is 22.5. The first kappa shape index (κ1) is 26.4. The topological polar surface area (TPSA) is 12.0 Å². The van der Waals surface area contributed by atoms with Crippen molar-refractivity contribution in [3.8, 4) is 33.4 Å². The van der Waals surface area contributed by atoms with Gasteiger partial charge in [-0.2, -0.15) is 0 Å². The molecule has 0 atom stereocenters. The van der Waals surface area contributed by atoms with E-state index < -0.39 is 5.41 Å². The van der Waals surface area contributed by atoms with Gasteiger partial charge >= 0.3 is 0 Å². The van der Waals surface area contributed by atoms with Gasteiger partial charge in [-0.25, -0.2) is 0 Å². The van der Waals surface area contributed by atoms with E-state index in [1.165, 1.54) is 94.8 Å². The molecule has 2 bridgehead atoms. The molecule has 0 amide bonds. The fourth-order valence-electron chi connectivity index (χ4n) is 9.97. The van der Waals surface area contributed by atoms with E-state index in [2.05, 4.69) is 171 Å². The molecular weight excluding hydrogens is 579 g/mol. The Morgan fingerprint density at radius 2 is 1.02 bits per heavy atom. The summed E-state index contributed by atoms with van der Waals surface area (Å²) in [5, 5.41) is 3.94. The molecule has 1 heterocycles. The van der Waals surface area contributed by atoms with E-state index >= 15 is 0 Å². The molecule has 7 aromatic rings. The fraction of sp³-hybridized carbons (Fsp3) is 0.106. The zero-order valence-electron chi connectivity index (χ0n) is 27.0. The zero-order chi connectivity index (χ0) is 31.8. The first-order valence-electron chi connectivity index (χ1n) is 17.1. The molecule has 7 aromatic carbocycles. The minimum Gasteiger partial charge on any atom is -0.355 e. The standard InChI is InChI=1S/C47H33N/c1-46(2)36-17-9-6-14-32(36)33-22-20-30(27-39(33)46)31-23-25-42-45-44(31)43-34-15-7-10-18-37(34)47(45,38-19-11-8-16-35(38)43)40-26-29(21-24-41(40)48-42)28-12-4-3-5-13-28/h3-27,43,48H,1-2H3. The molecule has 0 aromatic heterocycles. The Hall–Kier alpha value is -5.66. The van der Waals surface area contributed by atoms with Gasteiger partial charge in [-0.15, -0.1) is 0 Å². The van der Waals surface area contributed by atoms with E-state index in [-0.39, 0.29) is 11.3 Å². The van der Waals surface area contributed by atoms with Crippen LogP contribution in [0, 0.1) is 0 Å². The molecule has 1 nitrogen and oxygen atoms in total. The van der Waals surface area contributed by atoms with Crippen molar-refractivity contribution in [2.75, 3.05) is 5.32 Å². The molecule has 5 aliphatic rings. The number of hydrogen-bond acceptors (Lipinski definition) is 1. The highest BCUT2D eigenvalue weighted by molar-refractivity contribution is 5.94. The summed E-state index contributed by atoms with van der Waals surface area (Å²) >= 11 is 0. The lowest BCUT2D eigenvalue weighted by Crippen LogP contribution is -2.45. The summed E-state index contributed by atoms with van der Waals surface area (Å²) in [6, 6.07) is 57.3. The van der Waals surface area contributed by atoms with Crippen molar-refractivity contribution in [1.29, 1.82) is 0 Å². The molecule has 1 spiro atoms. The second-order valence-corrected chi connectivity index (χ2v) is 14.5. The highest BCUT2D eigenvalue weighted by Crippen LogP contribution is 2.67. The van der Waals surface area contributed by atoms with Crippen molar-refractivity contribution in [1.82, 2.24) is 0 Å². The van der Waals surface area contributed by atoms with Crippen LogP contribution in [0.4, 0.5) is 11.4 Å². The van der Waals surface area contributed by atoms with Gasteiger partial charge in [0.1, 0.15) is 0 Å². The molecule has 4 aliphatic carbocycles. The predicted molar refractivity (Wildman–Crippen MR) is 197 cm³/mol. The maximum absolute atomic E-state index is 3.94. The molecule has 0 fully saturated rings. The lowest BCUT2D eigenvalue weighted by atomic mass is 9.49. The lowest BCUT2D eigenvalue weighted by Gasteiger charge is -2.54. The van der Waals surface area contributed by atoms with E-state index in [1.807, 2.05) is 0 Å². The van der Waals surface area contributed by atoms with Gasteiger partial charge in [-0.3, -0.25) is 0 Å². The van der Waals surface area contributed by atoms with Crippen molar-refractivity contribution in [2.45, 2.75) is 30.6 Å². The third kappa shape index (κ3) is 3.08. The van der Waals surface area contributed by atoms with Crippen LogP contribution in [0.3, 0.4) is 0 Å². The zero-order valence-corrected chi connectivity index (χ0v) is 27.0. The van der Waals surface area contributed by atoms with Gasteiger partial charge < -0.3 is 5.32 Å². The van der Waals surface area contributed by atoms with E-state index in [4.69, 9.17) is 0 Å². The van der Waals surface area contributed by atoms with Crippen molar-refractivity contribution in [2.24, 2.45) is 0 Å². The van der Waals surface area contributed by atoms with E-state index in [0.717, 1.165) is 0 Å². The van der Waals surface area contributed by atoms with Crippen molar-refractivity contribution in [3.05, 3.63) is 202 Å². The van der Waals surface area contributed by atoms with Gasteiger partial charge in [0.15, 0.2) is 0 Å². The summed E-state index contributed by atoms with van der Waals surface area (Å²) in [7, 11) is 0. The molecule has 0 unspecified atom stereocenters. The van der Waals surface area contributed by atoms with Crippen LogP contribution < -0.4 is 5.32 Å². The SMILES string of the molecule is CC1(C)c2ccccc2-c2ccc(-c3ccc4c5c3C3c6ccccc6C5(c5cc(-c6ccccc6)ccc5N4)c4ccccc43)cc21. The smallest absolute Gasteiger partial charge is 0.0751 e. The quantitative estimate of drug-likeness (QED) is 0.205. The Morgan fingerprint density at radius 1 is 0.438 bits per heavy atom. The number of nitrogens with one attached hydrogen (secondary N) is 1. The fourth-order valence-corrected chi connectivity index (χ4v) is 9.97. The van der Waals surface area contributed by atoms with E-state index in [1.54, 1.807) is 0 Å². The monoisotopic (exact) mass is 611 g/mol. The highest BCUT2D eigenvalue weighted by Gasteiger charge is 2.56. The van der Waals surface area contributed by atoms with Crippen LogP contribution >= 0.6 is 0 Å². The van der Waals surface area contributed by atoms with Crippen molar-refractivity contribution < 1.29 is 0 Å². The van der Waals surface area contributed by atoms with Crippen LogP contribution in [-0.2, 0) is 10.8 Å². The first-order chi connectivity index (χ1) is 23.6. The molecule has 1 aliphatic heterocycles. The summed E-state index contributed by atoms with van der Waals surface area (Å²) in [5.74, 6) is 0.156. The Kier molecular flexibility index (Phi) is 4.97. The van der Waals surface area contributed by atoms with Crippen molar-refractivity contribution in [3.63, 3.8) is 0 Å².